The molecule has 2 aliphatic heterocycles. The summed E-state index contributed by atoms with van der Waals surface area (Å²) in [4.78, 5) is 6.84. The van der Waals surface area contributed by atoms with Crippen molar-refractivity contribution in [2.75, 3.05) is 26.7 Å². The van der Waals surface area contributed by atoms with Gasteiger partial charge >= 0.3 is 0 Å². The second kappa shape index (κ2) is 9.71. The van der Waals surface area contributed by atoms with Gasteiger partial charge in [-0.05, 0) is 24.8 Å². The van der Waals surface area contributed by atoms with Crippen LogP contribution in [-0.4, -0.2) is 62.1 Å². The molecule has 154 valence electrons. The van der Waals surface area contributed by atoms with Crippen molar-refractivity contribution in [3.05, 3.63) is 29.6 Å². The summed E-state index contributed by atoms with van der Waals surface area (Å²) in [6.45, 7) is 3.91. The molecule has 1 fully saturated rings. The van der Waals surface area contributed by atoms with E-state index in [4.69, 9.17) is 0 Å². The topological polar surface area (TPSA) is 76.2 Å². The van der Waals surface area contributed by atoms with E-state index in [9.17, 15) is 0 Å². The molecular formula is C19H31IN8. The van der Waals surface area contributed by atoms with E-state index in [1.54, 1.807) is 0 Å². The fourth-order valence-corrected chi connectivity index (χ4v) is 4.22. The van der Waals surface area contributed by atoms with Crippen LogP contribution in [0.15, 0.2) is 17.4 Å². The minimum absolute atomic E-state index is 0. The Hall–Kier alpha value is -1.65. The molecule has 0 radical (unpaired) electrons. The van der Waals surface area contributed by atoms with E-state index in [1.165, 1.54) is 24.8 Å². The Morgan fingerprint density at radius 2 is 2.14 bits per heavy atom. The molecule has 2 aromatic rings. The molecular weight excluding hydrogens is 467 g/mol. The Morgan fingerprint density at radius 1 is 1.25 bits per heavy atom. The molecule has 2 aliphatic rings. The molecule has 0 spiro atoms. The highest BCUT2D eigenvalue weighted by atomic mass is 127. The maximum Gasteiger partial charge on any atom is 0.193 e. The Labute approximate surface area is 183 Å². The van der Waals surface area contributed by atoms with Crippen molar-refractivity contribution in [3.63, 3.8) is 0 Å². The molecule has 1 saturated heterocycles. The van der Waals surface area contributed by atoms with Crippen molar-refractivity contribution in [1.82, 2.24) is 34.8 Å². The van der Waals surface area contributed by atoms with Crippen LogP contribution in [0, 0.1) is 0 Å². The molecule has 8 nitrogen and oxygen atoms in total. The predicted octanol–water partition coefficient (Wildman–Crippen LogP) is 1.96. The van der Waals surface area contributed by atoms with Gasteiger partial charge in [-0.3, -0.25) is 9.67 Å². The Balaban J connectivity index is 0.00000225. The second-order valence-electron chi connectivity index (χ2n) is 7.60. The number of likely N-dealkylation sites (tertiary alicyclic amines) is 1. The standard InChI is InChI=1S/C19H30N8.HI/c1-20-19(26-11-8-15(14-26)16-12-22-25(2)13-16)21-9-7-18-24-23-17-6-4-3-5-10-27(17)18;/h12-13,15H,3-11,14H2,1-2H3,(H,20,21);1H. The smallest absolute Gasteiger partial charge is 0.193 e. The molecule has 2 aromatic heterocycles. The van der Waals surface area contributed by atoms with Gasteiger partial charge in [0.2, 0.25) is 0 Å². The number of halogens is 1. The van der Waals surface area contributed by atoms with Crippen LogP contribution in [0.3, 0.4) is 0 Å². The fraction of sp³-hybridized carbons (Fsp3) is 0.684. The third-order valence-electron chi connectivity index (χ3n) is 5.71. The van der Waals surface area contributed by atoms with E-state index >= 15 is 0 Å². The minimum atomic E-state index is 0. The second-order valence-corrected chi connectivity index (χ2v) is 7.60. The molecule has 1 unspecified atom stereocenters. The first-order chi connectivity index (χ1) is 13.2. The van der Waals surface area contributed by atoms with Gasteiger partial charge in [0.05, 0.1) is 6.20 Å². The third-order valence-corrected chi connectivity index (χ3v) is 5.71. The van der Waals surface area contributed by atoms with Gasteiger partial charge in [0, 0.05) is 65.2 Å². The molecule has 0 aromatic carbocycles. The van der Waals surface area contributed by atoms with Gasteiger partial charge in [0.1, 0.15) is 11.6 Å². The third kappa shape index (κ3) is 4.66. The zero-order chi connectivity index (χ0) is 18.6. The number of fused-ring (bicyclic) bond motifs is 1. The van der Waals surface area contributed by atoms with E-state index in [1.807, 2.05) is 25.0 Å². The number of hydrogen-bond acceptors (Lipinski definition) is 4. The average molecular weight is 498 g/mol. The zero-order valence-electron chi connectivity index (χ0n) is 16.8. The van der Waals surface area contributed by atoms with Crippen LogP contribution in [0.2, 0.25) is 0 Å². The van der Waals surface area contributed by atoms with Crippen LogP contribution in [0.4, 0.5) is 0 Å². The summed E-state index contributed by atoms with van der Waals surface area (Å²) in [5.41, 5.74) is 1.32. The number of hydrogen-bond donors (Lipinski definition) is 1. The highest BCUT2D eigenvalue weighted by Crippen LogP contribution is 2.26. The van der Waals surface area contributed by atoms with Gasteiger partial charge in [-0.15, -0.1) is 34.2 Å². The lowest BCUT2D eigenvalue weighted by molar-refractivity contribution is 0.485. The highest BCUT2D eigenvalue weighted by molar-refractivity contribution is 14.0. The Bertz CT molecular complexity index is 796. The first kappa shape index (κ1) is 21.1. The summed E-state index contributed by atoms with van der Waals surface area (Å²) in [5.74, 6) is 3.77. The van der Waals surface area contributed by atoms with Crippen molar-refractivity contribution >= 4 is 29.9 Å². The van der Waals surface area contributed by atoms with Crippen molar-refractivity contribution in [2.24, 2.45) is 12.0 Å². The van der Waals surface area contributed by atoms with Gasteiger partial charge < -0.3 is 14.8 Å². The normalized spacial score (nSPS) is 19.9. The molecule has 1 atom stereocenters. The number of nitrogens with one attached hydrogen (secondary N) is 1. The summed E-state index contributed by atoms with van der Waals surface area (Å²) in [6.07, 6.45) is 11.0. The summed E-state index contributed by atoms with van der Waals surface area (Å²) in [6, 6.07) is 0. The number of nitrogens with zero attached hydrogens (tertiary/aromatic N) is 7. The van der Waals surface area contributed by atoms with E-state index in [0.29, 0.717) is 5.92 Å². The van der Waals surface area contributed by atoms with Gasteiger partial charge in [0.25, 0.3) is 0 Å². The van der Waals surface area contributed by atoms with Crippen LogP contribution in [0.1, 0.15) is 48.8 Å². The highest BCUT2D eigenvalue weighted by Gasteiger charge is 2.27. The lowest BCUT2D eigenvalue weighted by atomic mass is 10.0. The summed E-state index contributed by atoms with van der Waals surface area (Å²) in [5, 5.41) is 16.6. The fourth-order valence-electron chi connectivity index (χ4n) is 4.22. The van der Waals surface area contributed by atoms with E-state index in [2.05, 4.69) is 41.3 Å². The van der Waals surface area contributed by atoms with Crippen molar-refractivity contribution in [2.45, 2.75) is 51.0 Å². The lowest BCUT2D eigenvalue weighted by Crippen LogP contribution is -2.41. The van der Waals surface area contributed by atoms with Crippen molar-refractivity contribution in [3.8, 4) is 0 Å². The van der Waals surface area contributed by atoms with Crippen LogP contribution in [-0.2, 0) is 26.4 Å². The summed E-state index contributed by atoms with van der Waals surface area (Å²) < 4.78 is 4.21. The molecule has 0 bridgehead atoms. The first-order valence-corrected chi connectivity index (χ1v) is 10.1. The minimum Gasteiger partial charge on any atom is -0.356 e. The quantitative estimate of drug-likeness (QED) is 0.397. The van der Waals surface area contributed by atoms with Gasteiger partial charge in [-0.2, -0.15) is 5.10 Å². The molecule has 4 heterocycles. The molecule has 0 amide bonds. The average Bonchev–Trinajstić information content (AvgIpc) is 3.36. The van der Waals surface area contributed by atoms with Crippen LogP contribution < -0.4 is 5.32 Å². The van der Waals surface area contributed by atoms with E-state index in [-0.39, 0.29) is 24.0 Å². The van der Waals surface area contributed by atoms with E-state index in [0.717, 1.165) is 63.0 Å². The Kier molecular flexibility index (Phi) is 7.30. The zero-order valence-corrected chi connectivity index (χ0v) is 19.2. The van der Waals surface area contributed by atoms with Crippen molar-refractivity contribution in [1.29, 1.82) is 0 Å². The first-order valence-electron chi connectivity index (χ1n) is 10.1. The van der Waals surface area contributed by atoms with Crippen LogP contribution >= 0.6 is 24.0 Å². The maximum atomic E-state index is 4.49. The molecule has 0 aliphatic carbocycles. The number of aliphatic imine (C=N–C) groups is 1. The Morgan fingerprint density at radius 3 is 2.93 bits per heavy atom. The molecule has 4 rings (SSSR count). The van der Waals surface area contributed by atoms with Gasteiger partial charge in [-0.1, -0.05) is 6.42 Å². The molecule has 9 heteroatoms. The van der Waals surface area contributed by atoms with Crippen LogP contribution in [0.25, 0.3) is 0 Å². The lowest BCUT2D eigenvalue weighted by Gasteiger charge is -2.21. The number of guanidine groups is 1. The SMILES string of the molecule is CN=C(NCCc1nnc2n1CCCCC2)N1CCC(c2cnn(C)c2)C1.I. The number of aromatic nitrogens is 5. The van der Waals surface area contributed by atoms with Gasteiger partial charge in [-0.25, -0.2) is 0 Å². The number of aryl methyl sites for hydroxylation is 2. The van der Waals surface area contributed by atoms with Crippen LogP contribution in [0.5, 0.6) is 0 Å². The summed E-state index contributed by atoms with van der Waals surface area (Å²) >= 11 is 0. The van der Waals surface area contributed by atoms with E-state index < -0.39 is 0 Å². The largest absolute Gasteiger partial charge is 0.356 e. The monoisotopic (exact) mass is 498 g/mol. The molecule has 28 heavy (non-hydrogen) atoms. The maximum absolute atomic E-state index is 4.49. The van der Waals surface area contributed by atoms with Crippen molar-refractivity contribution < 1.29 is 0 Å². The van der Waals surface area contributed by atoms with Gasteiger partial charge in [0.15, 0.2) is 5.96 Å². The molecule has 0 saturated carbocycles. The predicted molar refractivity (Wildman–Crippen MR) is 120 cm³/mol. The number of rotatable bonds is 4. The summed E-state index contributed by atoms with van der Waals surface area (Å²) in [7, 11) is 3.84. The molecule has 1 N–H and O–H groups in total.